The molecule has 1 aliphatic heterocycles. The van der Waals surface area contributed by atoms with E-state index in [0.717, 1.165) is 26.1 Å². The third kappa shape index (κ3) is 5.01. The van der Waals surface area contributed by atoms with E-state index in [-0.39, 0.29) is 12.5 Å². The average molecular weight is 373 g/mol. The SMILES string of the molecule is COC(=O)c1ccc(-c2ccco2)n1CC(=O)NCCCN1CCCCC1. The van der Waals surface area contributed by atoms with E-state index in [9.17, 15) is 9.59 Å². The quantitative estimate of drug-likeness (QED) is 0.568. The molecule has 0 radical (unpaired) electrons. The minimum Gasteiger partial charge on any atom is -0.464 e. The van der Waals surface area contributed by atoms with E-state index in [1.165, 1.54) is 26.4 Å². The van der Waals surface area contributed by atoms with E-state index in [4.69, 9.17) is 9.15 Å². The highest BCUT2D eigenvalue weighted by atomic mass is 16.5. The number of carbonyl (C=O) groups excluding carboxylic acids is 2. The molecular formula is C20H27N3O4. The van der Waals surface area contributed by atoms with Crippen LogP contribution in [0.3, 0.4) is 0 Å². The van der Waals surface area contributed by atoms with E-state index in [2.05, 4.69) is 10.2 Å². The maximum absolute atomic E-state index is 12.4. The van der Waals surface area contributed by atoms with Gasteiger partial charge in [-0.25, -0.2) is 4.79 Å². The average Bonchev–Trinajstić information content (AvgIpc) is 3.35. The first kappa shape index (κ1) is 19.2. The molecule has 0 saturated carbocycles. The molecule has 1 aliphatic rings. The second-order valence-electron chi connectivity index (χ2n) is 6.76. The molecule has 0 atom stereocenters. The Labute approximate surface area is 159 Å². The molecular weight excluding hydrogens is 346 g/mol. The number of piperidine rings is 1. The smallest absolute Gasteiger partial charge is 0.354 e. The zero-order valence-electron chi connectivity index (χ0n) is 15.8. The molecule has 0 unspecified atom stereocenters. The van der Waals surface area contributed by atoms with Gasteiger partial charge in [-0.15, -0.1) is 0 Å². The summed E-state index contributed by atoms with van der Waals surface area (Å²) >= 11 is 0. The van der Waals surface area contributed by atoms with Gasteiger partial charge >= 0.3 is 5.97 Å². The van der Waals surface area contributed by atoms with Crippen LogP contribution in [0.2, 0.25) is 0 Å². The molecule has 2 aromatic rings. The number of nitrogens with zero attached hydrogens (tertiary/aromatic N) is 2. The van der Waals surface area contributed by atoms with Crippen LogP contribution in [0.4, 0.5) is 0 Å². The fourth-order valence-corrected chi connectivity index (χ4v) is 3.47. The summed E-state index contributed by atoms with van der Waals surface area (Å²) in [5.74, 6) is -0.0171. The molecule has 1 saturated heterocycles. The number of rotatable bonds is 8. The standard InChI is InChI=1S/C20H27N3O4/c1-26-20(25)17-9-8-16(18-7-5-14-27-18)23(17)15-19(24)21-10-6-13-22-11-3-2-4-12-22/h5,7-9,14H,2-4,6,10-13,15H2,1H3,(H,21,24). The summed E-state index contributed by atoms with van der Waals surface area (Å²) in [6.45, 7) is 3.99. The van der Waals surface area contributed by atoms with E-state index in [0.29, 0.717) is 23.7 Å². The third-order valence-corrected chi connectivity index (χ3v) is 4.87. The number of furan rings is 1. The molecule has 0 aromatic carbocycles. The Kier molecular flexibility index (Phi) is 6.70. The third-order valence-electron chi connectivity index (χ3n) is 4.87. The molecule has 0 aliphatic carbocycles. The summed E-state index contributed by atoms with van der Waals surface area (Å²) in [6, 6.07) is 6.97. The molecule has 2 aromatic heterocycles. The first-order chi connectivity index (χ1) is 13.2. The Balaban J connectivity index is 1.57. The van der Waals surface area contributed by atoms with E-state index >= 15 is 0 Å². The Bertz CT molecular complexity index is 745. The number of esters is 1. The largest absolute Gasteiger partial charge is 0.464 e. The van der Waals surface area contributed by atoms with Gasteiger partial charge in [-0.3, -0.25) is 4.79 Å². The highest BCUT2D eigenvalue weighted by Gasteiger charge is 2.20. The van der Waals surface area contributed by atoms with Crippen molar-refractivity contribution in [3.63, 3.8) is 0 Å². The van der Waals surface area contributed by atoms with Crippen LogP contribution in [0.1, 0.15) is 36.2 Å². The monoisotopic (exact) mass is 373 g/mol. The van der Waals surface area contributed by atoms with Crippen LogP contribution in [0, 0.1) is 0 Å². The van der Waals surface area contributed by atoms with Crippen molar-refractivity contribution >= 4 is 11.9 Å². The number of methoxy groups -OCH3 is 1. The molecule has 3 heterocycles. The van der Waals surface area contributed by atoms with Gasteiger partial charge in [-0.2, -0.15) is 0 Å². The van der Waals surface area contributed by atoms with Gasteiger partial charge in [0.2, 0.25) is 5.91 Å². The van der Waals surface area contributed by atoms with Crippen molar-refractivity contribution in [1.82, 2.24) is 14.8 Å². The zero-order valence-corrected chi connectivity index (χ0v) is 15.8. The molecule has 7 nitrogen and oxygen atoms in total. The van der Waals surface area contributed by atoms with Crippen LogP contribution in [-0.4, -0.2) is 54.6 Å². The summed E-state index contributed by atoms with van der Waals surface area (Å²) in [5.41, 5.74) is 0.997. The van der Waals surface area contributed by atoms with Gasteiger partial charge in [-0.05, 0) is 63.2 Å². The fourth-order valence-electron chi connectivity index (χ4n) is 3.47. The van der Waals surface area contributed by atoms with Crippen molar-refractivity contribution in [1.29, 1.82) is 0 Å². The summed E-state index contributed by atoms with van der Waals surface area (Å²) < 4.78 is 11.9. The number of likely N-dealkylation sites (tertiary alicyclic amines) is 1. The Morgan fingerprint density at radius 2 is 2.00 bits per heavy atom. The van der Waals surface area contributed by atoms with Crippen LogP contribution in [0.15, 0.2) is 34.9 Å². The van der Waals surface area contributed by atoms with Crippen molar-refractivity contribution in [3.05, 3.63) is 36.2 Å². The van der Waals surface area contributed by atoms with Gasteiger partial charge < -0.3 is 23.9 Å². The fraction of sp³-hybridized carbons (Fsp3) is 0.500. The summed E-state index contributed by atoms with van der Waals surface area (Å²) in [5, 5.41) is 2.95. The first-order valence-electron chi connectivity index (χ1n) is 9.50. The number of nitrogens with one attached hydrogen (secondary N) is 1. The maximum Gasteiger partial charge on any atom is 0.354 e. The van der Waals surface area contributed by atoms with Crippen LogP contribution < -0.4 is 5.32 Å². The maximum atomic E-state index is 12.4. The Hall–Kier alpha value is -2.54. The van der Waals surface area contributed by atoms with Crippen molar-refractivity contribution in [2.24, 2.45) is 0 Å². The van der Waals surface area contributed by atoms with Crippen LogP contribution >= 0.6 is 0 Å². The topological polar surface area (TPSA) is 76.7 Å². The predicted molar refractivity (Wildman–Crippen MR) is 101 cm³/mol. The van der Waals surface area contributed by atoms with Gasteiger partial charge in [-0.1, -0.05) is 6.42 Å². The molecule has 7 heteroatoms. The molecule has 0 spiro atoms. The predicted octanol–water partition coefficient (Wildman–Crippen LogP) is 2.53. The minimum absolute atomic E-state index is 0.0389. The van der Waals surface area contributed by atoms with Crippen molar-refractivity contribution < 1.29 is 18.7 Å². The van der Waals surface area contributed by atoms with E-state index < -0.39 is 5.97 Å². The number of ether oxygens (including phenoxy) is 1. The molecule has 1 amide bonds. The lowest BCUT2D eigenvalue weighted by molar-refractivity contribution is -0.121. The lowest BCUT2D eigenvalue weighted by Gasteiger charge is -2.26. The molecule has 3 rings (SSSR count). The van der Waals surface area contributed by atoms with Crippen LogP contribution in [-0.2, 0) is 16.1 Å². The zero-order chi connectivity index (χ0) is 19.1. The molecule has 1 N–H and O–H groups in total. The number of amides is 1. The van der Waals surface area contributed by atoms with Gasteiger partial charge in [0, 0.05) is 6.54 Å². The summed E-state index contributed by atoms with van der Waals surface area (Å²) in [4.78, 5) is 26.9. The first-order valence-corrected chi connectivity index (χ1v) is 9.50. The van der Waals surface area contributed by atoms with Gasteiger partial charge in [0.1, 0.15) is 18.0 Å². The highest BCUT2D eigenvalue weighted by molar-refractivity contribution is 5.90. The number of aromatic nitrogens is 1. The highest BCUT2D eigenvalue weighted by Crippen LogP contribution is 2.23. The van der Waals surface area contributed by atoms with Crippen molar-refractivity contribution in [2.45, 2.75) is 32.2 Å². The molecule has 0 bridgehead atoms. The van der Waals surface area contributed by atoms with Crippen molar-refractivity contribution in [3.8, 4) is 11.5 Å². The minimum atomic E-state index is -0.481. The Morgan fingerprint density at radius 1 is 1.19 bits per heavy atom. The number of hydrogen-bond donors (Lipinski definition) is 1. The lowest BCUT2D eigenvalue weighted by Crippen LogP contribution is -2.34. The van der Waals surface area contributed by atoms with Crippen molar-refractivity contribution in [2.75, 3.05) is 33.3 Å². The lowest BCUT2D eigenvalue weighted by atomic mass is 10.1. The number of hydrogen-bond acceptors (Lipinski definition) is 5. The normalized spacial score (nSPS) is 14.9. The van der Waals surface area contributed by atoms with Gasteiger partial charge in [0.25, 0.3) is 0 Å². The molecule has 1 fully saturated rings. The Morgan fingerprint density at radius 3 is 2.70 bits per heavy atom. The second kappa shape index (κ2) is 9.41. The number of carbonyl (C=O) groups is 2. The van der Waals surface area contributed by atoms with Crippen LogP contribution in [0.5, 0.6) is 0 Å². The van der Waals surface area contributed by atoms with E-state index in [1.807, 2.05) is 0 Å². The molecule has 27 heavy (non-hydrogen) atoms. The summed E-state index contributed by atoms with van der Waals surface area (Å²) in [6.07, 6.45) is 6.35. The van der Waals surface area contributed by atoms with E-state index in [1.54, 1.807) is 35.1 Å². The molecule has 146 valence electrons. The van der Waals surface area contributed by atoms with Crippen LogP contribution in [0.25, 0.3) is 11.5 Å². The van der Waals surface area contributed by atoms with Gasteiger partial charge in [0.05, 0.1) is 19.1 Å². The summed E-state index contributed by atoms with van der Waals surface area (Å²) in [7, 11) is 1.33. The second-order valence-corrected chi connectivity index (χ2v) is 6.76. The van der Waals surface area contributed by atoms with Gasteiger partial charge in [0.15, 0.2) is 0 Å².